The molecule has 3 rings (SSSR count). The number of hydrogen-bond acceptors (Lipinski definition) is 2. The molecule has 0 unspecified atom stereocenters. The Bertz CT molecular complexity index is 1050. The molecular formula is C25H23Cl2FN2O2. The number of nitrogens with zero attached hydrogens (tertiary/aromatic N) is 1. The lowest BCUT2D eigenvalue weighted by Crippen LogP contribution is -2.48. The predicted molar refractivity (Wildman–Crippen MR) is 125 cm³/mol. The fraction of sp³-hybridized carbons (Fsp3) is 0.200. The summed E-state index contributed by atoms with van der Waals surface area (Å²) in [6.07, 6.45) is 0.118. The molecule has 166 valence electrons. The summed E-state index contributed by atoms with van der Waals surface area (Å²) in [7, 11) is 0. The van der Waals surface area contributed by atoms with Crippen LogP contribution in [-0.2, 0) is 29.1 Å². The van der Waals surface area contributed by atoms with Gasteiger partial charge in [-0.15, -0.1) is 0 Å². The maximum atomic E-state index is 13.3. The second-order valence-electron chi connectivity index (χ2n) is 7.47. The van der Waals surface area contributed by atoms with Crippen molar-refractivity contribution >= 4 is 35.0 Å². The Balaban J connectivity index is 1.73. The van der Waals surface area contributed by atoms with Crippen LogP contribution in [0.15, 0.2) is 72.8 Å². The van der Waals surface area contributed by atoms with E-state index in [1.54, 1.807) is 55.5 Å². The van der Waals surface area contributed by atoms with Crippen molar-refractivity contribution in [2.45, 2.75) is 32.5 Å². The van der Waals surface area contributed by atoms with Crippen LogP contribution in [0.2, 0.25) is 10.0 Å². The molecule has 0 aliphatic carbocycles. The second-order valence-corrected chi connectivity index (χ2v) is 8.34. The number of carbonyl (C=O) groups excluding carboxylic acids is 2. The molecule has 0 saturated carbocycles. The molecule has 0 saturated heterocycles. The van der Waals surface area contributed by atoms with Crippen LogP contribution in [0.25, 0.3) is 0 Å². The first-order chi connectivity index (χ1) is 15.3. The van der Waals surface area contributed by atoms with Crippen molar-refractivity contribution in [1.82, 2.24) is 10.2 Å². The number of nitrogens with one attached hydrogen (secondary N) is 1. The molecule has 0 bridgehead atoms. The lowest BCUT2D eigenvalue weighted by Gasteiger charge is -2.29. The van der Waals surface area contributed by atoms with Crippen LogP contribution in [-0.4, -0.2) is 22.8 Å². The van der Waals surface area contributed by atoms with E-state index in [0.717, 1.165) is 16.7 Å². The third-order valence-corrected chi connectivity index (χ3v) is 5.59. The fourth-order valence-electron chi connectivity index (χ4n) is 3.19. The van der Waals surface area contributed by atoms with Crippen LogP contribution < -0.4 is 5.32 Å². The normalized spacial score (nSPS) is 11.6. The molecule has 0 heterocycles. The molecule has 7 heteroatoms. The molecule has 0 aliphatic rings. The third-order valence-electron chi connectivity index (χ3n) is 5.08. The maximum Gasteiger partial charge on any atom is 0.242 e. The molecule has 1 N–H and O–H groups in total. The highest BCUT2D eigenvalue weighted by atomic mass is 35.5. The van der Waals surface area contributed by atoms with Gasteiger partial charge in [-0.2, -0.15) is 0 Å². The van der Waals surface area contributed by atoms with E-state index >= 15 is 0 Å². The van der Waals surface area contributed by atoms with Crippen molar-refractivity contribution in [3.63, 3.8) is 0 Å². The summed E-state index contributed by atoms with van der Waals surface area (Å²) in [5.41, 5.74) is 2.41. The summed E-state index contributed by atoms with van der Waals surface area (Å²) in [6, 6.07) is 19.3. The van der Waals surface area contributed by atoms with Gasteiger partial charge in [0.05, 0.1) is 6.42 Å². The molecule has 4 nitrogen and oxygen atoms in total. The standard InChI is InChI=1S/C25H23Cl2FN2O2/c1-17(25(32)29-15-19-4-10-22(27)11-5-19)30(16-20-6-12-23(28)13-7-20)24(31)14-18-2-8-21(26)9-3-18/h2-13,17H,14-16H2,1H3,(H,29,32)/t17-/m0/s1. The number of amides is 2. The highest BCUT2D eigenvalue weighted by Gasteiger charge is 2.26. The van der Waals surface area contributed by atoms with Gasteiger partial charge < -0.3 is 10.2 Å². The van der Waals surface area contributed by atoms with Crippen molar-refractivity contribution in [1.29, 1.82) is 0 Å². The lowest BCUT2D eigenvalue weighted by molar-refractivity contribution is -0.140. The van der Waals surface area contributed by atoms with Gasteiger partial charge in [0.25, 0.3) is 0 Å². The molecule has 0 aromatic heterocycles. The largest absolute Gasteiger partial charge is 0.350 e. The average Bonchev–Trinajstić information content (AvgIpc) is 2.79. The first-order valence-electron chi connectivity index (χ1n) is 10.1. The zero-order chi connectivity index (χ0) is 23.1. The van der Waals surface area contributed by atoms with Crippen LogP contribution >= 0.6 is 23.2 Å². The molecule has 3 aromatic rings. The number of halogens is 3. The first-order valence-corrected chi connectivity index (χ1v) is 10.9. The molecule has 1 atom stereocenters. The van der Waals surface area contributed by atoms with Crippen LogP contribution in [0, 0.1) is 5.82 Å². The smallest absolute Gasteiger partial charge is 0.242 e. The van der Waals surface area contributed by atoms with Gasteiger partial charge in [0.2, 0.25) is 11.8 Å². The van der Waals surface area contributed by atoms with E-state index in [9.17, 15) is 14.0 Å². The van der Waals surface area contributed by atoms with E-state index < -0.39 is 6.04 Å². The number of rotatable bonds is 8. The minimum absolute atomic E-state index is 0.118. The minimum Gasteiger partial charge on any atom is -0.350 e. The summed E-state index contributed by atoms with van der Waals surface area (Å²) in [4.78, 5) is 27.5. The highest BCUT2D eigenvalue weighted by molar-refractivity contribution is 6.30. The molecule has 0 radical (unpaired) electrons. The van der Waals surface area contributed by atoms with E-state index in [2.05, 4.69) is 5.32 Å². The monoisotopic (exact) mass is 472 g/mol. The molecule has 0 spiro atoms. The average molecular weight is 473 g/mol. The number of benzene rings is 3. The van der Waals surface area contributed by atoms with E-state index in [1.165, 1.54) is 17.0 Å². The van der Waals surface area contributed by atoms with Gasteiger partial charge >= 0.3 is 0 Å². The van der Waals surface area contributed by atoms with E-state index in [4.69, 9.17) is 23.2 Å². The van der Waals surface area contributed by atoms with Crippen molar-refractivity contribution < 1.29 is 14.0 Å². The highest BCUT2D eigenvalue weighted by Crippen LogP contribution is 2.15. The summed E-state index contributed by atoms with van der Waals surface area (Å²) in [5, 5.41) is 4.07. The van der Waals surface area contributed by atoms with Gasteiger partial charge in [-0.05, 0) is 60.0 Å². The Kier molecular flexibility index (Phi) is 8.26. The maximum absolute atomic E-state index is 13.3. The Hall–Kier alpha value is -2.89. The zero-order valence-electron chi connectivity index (χ0n) is 17.5. The summed E-state index contributed by atoms with van der Waals surface area (Å²) in [5.74, 6) is -0.862. The van der Waals surface area contributed by atoms with Crippen molar-refractivity contribution in [3.05, 3.63) is 105 Å². The molecule has 3 aromatic carbocycles. The van der Waals surface area contributed by atoms with E-state index in [-0.39, 0.29) is 30.6 Å². The molecule has 2 amide bonds. The Morgan fingerprint density at radius 1 is 0.844 bits per heavy atom. The number of hydrogen-bond donors (Lipinski definition) is 1. The molecule has 0 fully saturated rings. The Morgan fingerprint density at radius 2 is 1.34 bits per heavy atom. The van der Waals surface area contributed by atoms with Gasteiger partial charge in [0.15, 0.2) is 0 Å². The van der Waals surface area contributed by atoms with Crippen LogP contribution in [0.5, 0.6) is 0 Å². The summed E-state index contributed by atoms with van der Waals surface area (Å²) in [6.45, 7) is 2.18. The van der Waals surface area contributed by atoms with E-state index in [1.807, 2.05) is 12.1 Å². The van der Waals surface area contributed by atoms with Gasteiger partial charge in [0.1, 0.15) is 11.9 Å². The molecule has 32 heavy (non-hydrogen) atoms. The summed E-state index contributed by atoms with van der Waals surface area (Å²) >= 11 is 11.8. The van der Waals surface area contributed by atoms with Gasteiger partial charge in [-0.3, -0.25) is 9.59 Å². The fourth-order valence-corrected chi connectivity index (χ4v) is 3.44. The quantitative estimate of drug-likeness (QED) is 0.476. The first kappa shape index (κ1) is 23.8. The van der Waals surface area contributed by atoms with Crippen molar-refractivity contribution in [2.24, 2.45) is 0 Å². The minimum atomic E-state index is -0.729. The van der Waals surface area contributed by atoms with Gasteiger partial charge in [-0.1, -0.05) is 59.6 Å². The topological polar surface area (TPSA) is 49.4 Å². The van der Waals surface area contributed by atoms with E-state index in [0.29, 0.717) is 16.6 Å². The third kappa shape index (κ3) is 6.81. The van der Waals surface area contributed by atoms with Crippen molar-refractivity contribution in [2.75, 3.05) is 0 Å². The molecule has 0 aliphatic heterocycles. The second kappa shape index (κ2) is 11.1. The van der Waals surface area contributed by atoms with Crippen LogP contribution in [0.1, 0.15) is 23.6 Å². The van der Waals surface area contributed by atoms with Crippen molar-refractivity contribution in [3.8, 4) is 0 Å². The van der Waals surface area contributed by atoms with Crippen LogP contribution in [0.3, 0.4) is 0 Å². The molecular weight excluding hydrogens is 450 g/mol. The Morgan fingerprint density at radius 3 is 1.91 bits per heavy atom. The number of carbonyl (C=O) groups is 2. The predicted octanol–water partition coefficient (Wildman–Crippen LogP) is 5.41. The lowest BCUT2D eigenvalue weighted by atomic mass is 10.1. The zero-order valence-corrected chi connectivity index (χ0v) is 19.0. The van der Waals surface area contributed by atoms with Crippen LogP contribution in [0.4, 0.5) is 4.39 Å². The SMILES string of the molecule is C[C@@H](C(=O)NCc1ccc(Cl)cc1)N(Cc1ccc(F)cc1)C(=O)Cc1ccc(Cl)cc1. The summed E-state index contributed by atoms with van der Waals surface area (Å²) < 4.78 is 13.3. The van der Waals surface area contributed by atoms with Gasteiger partial charge in [-0.25, -0.2) is 4.39 Å². The van der Waals surface area contributed by atoms with Gasteiger partial charge in [0, 0.05) is 23.1 Å². The Labute approximate surface area is 197 Å².